The van der Waals surface area contributed by atoms with Gasteiger partial charge in [0, 0.05) is 11.8 Å². The highest BCUT2D eigenvalue weighted by atomic mass is 79.9. The standard InChI is InChI=1S/C18H20BrNO3/c1-3-5-13-8-9-17(16(19)10-13)23-12-18(21)20-14-6-4-7-15(11-14)22-2/h4,6-11H,3,5,12H2,1-2H3,(H,20,21). The SMILES string of the molecule is CCCc1ccc(OCC(=O)Nc2cccc(OC)c2)c(Br)c1. The molecule has 0 spiro atoms. The van der Waals surface area contributed by atoms with Crippen LogP contribution in [0.15, 0.2) is 46.9 Å². The number of amides is 1. The number of hydrogen-bond acceptors (Lipinski definition) is 3. The van der Waals surface area contributed by atoms with Gasteiger partial charge >= 0.3 is 0 Å². The summed E-state index contributed by atoms with van der Waals surface area (Å²) in [7, 11) is 1.59. The summed E-state index contributed by atoms with van der Waals surface area (Å²) in [6.07, 6.45) is 2.12. The van der Waals surface area contributed by atoms with E-state index in [1.165, 1.54) is 5.56 Å². The smallest absolute Gasteiger partial charge is 0.262 e. The number of methoxy groups -OCH3 is 1. The zero-order valence-corrected chi connectivity index (χ0v) is 14.9. The van der Waals surface area contributed by atoms with Crippen LogP contribution < -0.4 is 14.8 Å². The molecule has 0 aliphatic carbocycles. The number of carbonyl (C=O) groups is 1. The summed E-state index contributed by atoms with van der Waals surface area (Å²) in [4.78, 5) is 12.0. The van der Waals surface area contributed by atoms with Gasteiger partial charge in [-0.25, -0.2) is 0 Å². The number of rotatable bonds is 7. The number of benzene rings is 2. The zero-order chi connectivity index (χ0) is 16.7. The maximum absolute atomic E-state index is 12.0. The van der Waals surface area contributed by atoms with E-state index in [0.29, 0.717) is 17.2 Å². The second kappa shape index (κ2) is 8.58. The van der Waals surface area contributed by atoms with E-state index in [1.807, 2.05) is 30.3 Å². The number of aryl methyl sites for hydroxylation is 1. The maximum atomic E-state index is 12.0. The molecule has 1 N–H and O–H groups in total. The maximum Gasteiger partial charge on any atom is 0.262 e. The lowest BCUT2D eigenvalue weighted by molar-refractivity contribution is -0.118. The van der Waals surface area contributed by atoms with Gasteiger partial charge in [-0.3, -0.25) is 4.79 Å². The molecule has 0 saturated heterocycles. The quantitative estimate of drug-likeness (QED) is 0.776. The van der Waals surface area contributed by atoms with Gasteiger partial charge in [0.15, 0.2) is 6.61 Å². The third-order valence-electron chi connectivity index (χ3n) is 3.25. The van der Waals surface area contributed by atoms with Gasteiger partial charge in [0.25, 0.3) is 5.91 Å². The number of ether oxygens (including phenoxy) is 2. The van der Waals surface area contributed by atoms with E-state index < -0.39 is 0 Å². The fraction of sp³-hybridized carbons (Fsp3) is 0.278. The number of anilines is 1. The molecule has 4 nitrogen and oxygen atoms in total. The monoisotopic (exact) mass is 377 g/mol. The van der Waals surface area contributed by atoms with E-state index in [0.717, 1.165) is 17.3 Å². The van der Waals surface area contributed by atoms with Gasteiger partial charge < -0.3 is 14.8 Å². The van der Waals surface area contributed by atoms with Gasteiger partial charge in [-0.2, -0.15) is 0 Å². The number of halogens is 1. The van der Waals surface area contributed by atoms with Crippen molar-refractivity contribution in [3.8, 4) is 11.5 Å². The Balaban J connectivity index is 1.91. The van der Waals surface area contributed by atoms with Crippen LogP contribution in [0.2, 0.25) is 0 Å². The van der Waals surface area contributed by atoms with Crippen molar-refractivity contribution < 1.29 is 14.3 Å². The second-order valence-corrected chi connectivity index (χ2v) is 5.94. The first-order valence-corrected chi connectivity index (χ1v) is 8.26. The van der Waals surface area contributed by atoms with Crippen LogP contribution >= 0.6 is 15.9 Å². The van der Waals surface area contributed by atoms with E-state index in [9.17, 15) is 4.79 Å². The van der Waals surface area contributed by atoms with E-state index in [1.54, 1.807) is 19.2 Å². The van der Waals surface area contributed by atoms with Crippen molar-refractivity contribution in [2.45, 2.75) is 19.8 Å². The van der Waals surface area contributed by atoms with Crippen LogP contribution in [0.5, 0.6) is 11.5 Å². The van der Waals surface area contributed by atoms with Gasteiger partial charge in [0.05, 0.1) is 11.6 Å². The number of carbonyl (C=O) groups excluding carboxylic acids is 1. The summed E-state index contributed by atoms with van der Waals surface area (Å²) in [5.74, 6) is 1.13. The third-order valence-corrected chi connectivity index (χ3v) is 3.87. The molecular weight excluding hydrogens is 358 g/mol. The van der Waals surface area contributed by atoms with Crippen LogP contribution in [-0.2, 0) is 11.2 Å². The lowest BCUT2D eigenvalue weighted by Crippen LogP contribution is -2.20. The molecule has 0 bridgehead atoms. The summed E-state index contributed by atoms with van der Waals surface area (Å²) in [6.45, 7) is 2.09. The molecule has 0 unspecified atom stereocenters. The Morgan fingerprint density at radius 1 is 1.22 bits per heavy atom. The Labute approximate surface area is 144 Å². The van der Waals surface area contributed by atoms with Crippen LogP contribution in [0.4, 0.5) is 5.69 Å². The summed E-state index contributed by atoms with van der Waals surface area (Å²) in [5, 5.41) is 2.78. The lowest BCUT2D eigenvalue weighted by atomic mass is 10.1. The van der Waals surface area contributed by atoms with Crippen LogP contribution in [-0.4, -0.2) is 19.6 Å². The minimum Gasteiger partial charge on any atom is -0.497 e. The van der Waals surface area contributed by atoms with E-state index in [4.69, 9.17) is 9.47 Å². The average molecular weight is 378 g/mol. The molecule has 0 aliphatic rings. The predicted octanol–water partition coefficient (Wildman–Crippen LogP) is 4.43. The Kier molecular flexibility index (Phi) is 6.47. The van der Waals surface area contributed by atoms with Crippen molar-refractivity contribution in [1.29, 1.82) is 0 Å². The average Bonchev–Trinajstić information content (AvgIpc) is 2.54. The van der Waals surface area contributed by atoms with Crippen molar-refractivity contribution >= 4 is 27.5 Å². The van der Waals surface area contributed by atoms with Gasteiger partial charge in [-0.05, 0) is 52.2 Å². The fourth-order valence-electron chi connectivity index (χ4n) is 2.15. The summed E-state index contributed by atoms with van der Waals surface area (Å²) in [6, 6.07) is 13.1. The van der Waals surface area contributed by atoms with Crippen LogP contribution in [0, 0.1) is 0 Å². The van der Waals surface area contributed by atoms with Crippen LogP contribution in [0.1, 0.15) is 18.9 Å². The number of hydrogen-bond donors (Lipinski definition) is 1. The van der Waals surface area contributed by atoms with Crippen LogP contribution in [0.25, 0.3) is 0 Å². The second-order valence-electron chi connectivity index (χ2n) is 5.08. The number of nitrogens with one attached hydrogen (secondary N) is 1. The highest BCUT2D eigenvalue weighted by Gasteiger charge is 2.07. The van der Waals surface area contributed by atoms with Crippen LogP contribution in [0.3, 0.4) is 0 Å². The minimum absolute atomic E-state index is 0.0526. The molecule has 0 saturated carbocycles. The summed E-state index contributed by atoms with van der Waals surface area (Å²) in [5.41, 5.74) is 1.92. The molecule has 5 heteroatoms. The molecule has 2 aromatic rings. The van der Waals surface area contributed by atoms with Crippen molar-refractivity contribution in [3.63, 3.8) is 0 Å². The van der Waals surface area contributed by atoms with Gasteiger partial charge in [-0.15, -0.1) is 0 Å². The molecule has 0 radical (unpaired) electrons. The van der Waals surface area contributed by atoms with Gasteiger partial charge in [0.1, 0.15) is 11.5 Å². The molecule has 0 heterocycles. The fourth-order valence-corrected chi connectivity index (χ4v) is 2.69. The van der Waals surface area contributed by atoms with Crippen molar-refractivity contribution in [2.24, 2.45) is 0 Å². The predicted molar refractivity (Wildman–Crippen MR) is 95.3 cm³/mol. The van der Waals surface area contributed by atoms with E-state index in [-0.39, 0.29) is 12.5 Å². The highest BCUT2D eigenvalue weighted by Crippen LogP contribution is 2.26. The minimum atomic E-state index is -0.220. The Bertz CT molecular complexity index is 673. The Morgan fingerprint density at radius 3 is 2.74 bits per heavy atom. The van der Waals surface area contributed by atoms with Gasteiger partial charge in [-0.1, -0.05) is 25.5 Å². The first-order valence-electron chi connectivity index (χ1n) is 7.47. The molecule has 0 fully saturated rings. The molecule has 2 rings (SSSR count). The topological polar surface area (TPSA) is 47.6 Å². The molecule has 0 aromatic heterocycles. The normalized spacial score (nSPS) is 10.2. The lowest BCUT2D eigenvalue weighted by Gasteiger charge is -2.10. The molecular formula is C18H20BrNO3. The summed E-state index contributed by atoms with van der Waals surface area (Å²) >= 11 is 3.48. The molecule has 23 heavy (non-hydrogen) atoms. The van der Waals surface area contributed by atoms with E-state index >= 15 is 0 Å². The Hall–Kier alpha value is -2.01. The van der Waals surface area contributed by atoms with Gasteiger partial charge in [0.2, 0.25) is 0 Å². The Morgan fingerprint density at radius 2 is 2.04 bits per heavy atom. The molecule has 0 atom stereocenters. The van der Waals surface area contributed by atoms with E-state index in [2.05, 4.69) is 28.2 Å². The molecule has 122 valence electrons. The van der Waals surface area contributed by atoms with Crippen molar-refractivity contribution in [2.75, 3.05) is 19.0 Å². The third kappa shape index (κ3) is 5.28. The first kappa shape index (κ1) is 17.3. The first-order chi connectivity index (χ1) is 11.1. The molecule has 1 amide bonds. The molecule has 0 aliphatic heterocycles. The molecule has 2 aromatic carbocycles. The van der Waals surface area contributed by atoms with Crippen molar-refractivity contribution in [3.05, 3.63) is 52.5 Å². The van der Waals surface area contributed by atoms with Crippen molar-refractivity contribution in [1.82, 2.24) is 0 Å². The highest BCUT2D eigenvalue weighted by molar-refractivity contribution is 9.10. The largest absolute Gasteiger partial charge is 0.497 e. The zero-order valence-electron chi connectivity index (χ0n) is 13.3. The summed E-state index contributed by atoms with van der Waals surface area (Å²) < 4.78 is 11.6.